The third kappa shape index (κ3) is 4.46. The molecule has 0 aliphatic heterocycles. The second-order valence-electron chi connectivity index (χ2n) is 8.54. The molecule has 2 aliphatic carbocycles. The van der Waals surface area contributed by atoms with Crippen LogP contribution in [0.2, 0.25) is 0 Å². The van der Waals surface area contributed by atoms with E-state index < -0.39 is 0 Å². The lowest BCUT2D eigenvalue weighted by molar-refractivity contribution is 0.00974. The molecular formula is C21H40N2O. The van der Waals surface area contributed by atoms with Gasteiger partial charge in [-0.1, -0.05) is 58.3 Å². The maximum atomic E-state index is 13.5. The Labute approximate surface area is 150 Å². The van der Waals surface area contributed by atoms with Crippen molar-refractivity contribution in [3.8, 4) is 0 Å². The predicted octanol–water partition coefficient (Wildman–Crippen LogP) is 5.97. The first-order valence-corrected chi connectivity index (χ1v) is 10.6. The fraction of sp³-hybridized carbons (Fsp3) is 0.952. The summed E-state index contributed by atoms with van der Waals surface area (Å²) in [6.45, 7) is 6.55. The van der Waals surface area contributed by atoms with Crippen LogP contribution in [0.1, 0.15) is 104 Å². The van der Waals surface area contributed by atoms with E-state index in [0.29, 0.717) is 12.1 Å². The highest BCUT2D eigenvalue weighted by Gasteiger charge is 2.44. The summed E-state index contributed by atoms with van der Waals surface area (Å²) in [7, 11) is 2.00. The summed E-state index contributed by atoms with van der Waals surface area (Å²) in [6, 6.07) is 1.05. The molecule has 2 fully saturated rings. The minimum absolute atomic E-state index is 0.135. The van der Waals surface area contributed by atoms with Gasteiger partial charge in [0.15, 0.2) is 0 Å². The molecule has 0 radical (unpaired) electrons. The van der Waals surface area contributed by atoms with Crippen molar-refractivity contribution in [3.63, 3.8) is 0 Å². The van der Waals surface area contributed by atoms with Crippen molar-refractivity contribution in [2.24, 2.45) is 0 Å². The molecule has 3 nitrogen and oxygen atoms in total. The van der Waals surface area contributed by atoms with E-state index in [1.54, 1.807) is 0 Å². The van der Waals surface area contributed by atoms with Crippen LogP contribution in [0.3, 0.4) is 0 Å². The van der Waals surface area contributed by atoms with Gasteiger partial charge in [0.25, 0.3) is 0 Å². The zero-order valence-electron chi connectivity index (χ0n) is 16.6. The molecule has 2 saturated carbocycles. The Kier molecular flexibility index (Phi) is 7.43. The van der Waals surface area contributed by atoms with E-state index >= 15 is 0 Å². The molecule has 24 heavy (non-hydrogen) atoms. The standard InChI is InChI=1S/C21H40N2O/c1-5-6-15-21(16-11-8-12-17-21)23(19-13-9-7-10-14-19)20(24)22(4)18(2)3/h18-19H,5-17H2,1-4H3. The number of nitrogens with zero attached hydrogens (tertiary/aromatic N) is 2. The number of hydrogen-bond donors (Lipinski definition) is 0. The second-order valence-corrected chi connectivity index (χ2v) is 8.54. The molecule has 0 aromatic carbocycles. The van der Waals surface area contributed by atoms with E-state index in [1.165, 1.54) is 83.5 Å². The third-order valence-electron chi connectivity index (χ3n) is 6.51. The minimum atomic E-state index is 0.135. The normalized spacial score (nSPS) is 21.7. The monoisotopic (exact) mass is 336 g/mol. The summed E-state index contributed by atoms with van der Waals surface area (Å²) >= 11 is 0. The van der Waals surface area contributed by atoms with Gasteiger partial charge in [-0.05, 0) is 46.0 Å². The van der Waals surface area contributed by atoms with Crippen LogP contribution in [0.15, 0.2) is 0 Å². The van der Waals surface area contributed by atoms with Crippen LogP contribution in [0.4, 0.5) is 4.79 Å². The smallest absolute Gasteiger partial charge is 0.320 e. The molecule has 0 atom stereocenters. The Morgan fingerprint density at radius 2 is 1.62 bits per heavy atom. The molecule has 2 amide bonds. The molecule has 2 aliphatic rings. The van der Waals surface area contributed by atoms with Gasteiger partial charge in [0, 0.05) is 24.7 Å². The lowest BCUT2D eigenvalue weighted by Crippen LogP contribution is -2.61. The van der Waals surface area contributed by atoms with Crippen molar-refractivity contribution >= 4 is 6.03 Å². The Morgan fingerprint density at radius 3 is 2.17 bits per heavy atom. The fourth-order valence-electron chi connectivity index (χ4n) is 4.80. The van der Waals surface area contributed by atoms with Gasteiger partial charge in [-0.25, -0.2) is 4.79 Å². The van der Waals surface area contributed by atoms with Gasteiger partial charge in [-0.15, -0.1) is 0 Å². The number of hydrogen-bond acceptors (Lipinski definition) is 1. The van der Waals surface area contributed by atoms with Crippen molar-refractivity contribution in [2.45, 2.75) is 122 Å². The number of amides is 2. The minimum Gasteiger partial charge on any atom is -0.325 e. The molecule has 0 spiro atoms. The third-order valence-corrected chi connectivity index (χ3v) is 6.51. The van der Waals surface area contributed by atoms with Gasteiger partial charge in [-0.2, -0.15) is 0 Å². The zero-order chi connectivity index (χ0) is 17.6. The average Bonchev–Trinajstić information content (AvgIpc) is 2.61. The highest BCUT2D eigenvalue weighted by atomic mass is 16.2. The Bertz CT molecular complexity index is 381. The molecule has 3 heteroatoms. The lowest BCUT2D eigenvalue weighted by atomic mass is 9.75. The number of urea groups is 1. The molecule has 0 bridgehead atoms. The van der Waals surface area contributed by atoms with Gasteiger partial charge in [-0.3, -0.25) is 0 Å². The van der Waals surface area contributed by atoms with Crippen LogP contribution in [0.25, 0.3) is 0 Å². The summed E-state index contributed by atoms with van der Waals surface area (Å²) in [6.07, 6.45) is 16.4. The van der Waals surface area contributed by atoms with Crippen molar-refractivity contribution in [1.29, 1.82) is 0 Å². The topological polar surface area (TPSA) is 23.6 Å². The quantitative estimate of drug-likeness (QED) is 0.585. The first-order chi connectivity index (χ1) is 11.5. The van der Waals surface area contributed by atoms with Crippen molar-refractivity contribution in [1.82, 2.24) is 9.80 Å². The Hall–Kier alpha value is -0.730. The average molecular weight is 337 g/mol. The molecule has 0 N–H and O–H groups in total. The highest BCUT2D eigenvalue weighted by molar-refractivity contribution is 5.76. The summed E-state index contributed by atoms with van der Waals surface area (Å²) in [5, 5.41) is 0. The van der Waals surface area contributed by atoms with Crippen LogP contribution in [0.5, 0.6) is 0 Å². The number of carbonyl (C=O) groups excluding carboxylic acids is 1. The summed E-state index contributed by atoms with van der Waals surface area (Å²) in [4.78, 5) is 17.9. The number of carbonyl (C=O) groups is 1. The molecule has 0 aromatic heterocycles. The first-order valence-electron chi connectivity index (χ1n) is 10.6. The fourth-order valence-corrected chi connectivity index (χ4v) is 4.80. The summed E-state index contributed by atoms with van der Waals surface area (Å²) < 4.78 is 0. The van der Waals surface area contributed by atoms with Gasteiger partial charge < -0.3 is 9.80 Å². The van der Waals surface area contributed by atoms with Gasteiger partial charge in [0.05, 0.1) is 0 Å². The van der Waals surface area contributed by atoms with E-state index in [9.17, 15) is 4.79 Å². The Morgan fingerprint density at radius 1 is 1.04 bits per heavy atom. The SMILES string of the molecule is CCCCC1(N(C(=O)N(C)C(C)C)C2CCCCC2)CCCCC1. The van der Waals surface area contributed by atoms with Gasteiger partial charge in [0.2, 0.25) is 0 Å². The first kappa shape index (κ1) is 19.6. The maximum Gasteiger partial charge on any atom is 0.320 e. The van der Waals surface area contributed by atoms with E-state index in [4.69, 9.17) is 0 Å². The summed E-state index contributed by atoms with van der Waals surface area (Å²) in [5.74, 6) is 0. The number of unbranched alkanes of at least 4 members (excludes halogenated alkanes) is 1. The second kappa shape index (κ2) is 9.10. The highest BCUT2D eigenvalue weighted by Crippen LogP contribution is 2.42. The van der Waals surface area contributed by atoms with Crippen LogP contribution in [-0.4, -0.2) is 40.5 Å². The zero-order valence-corrected chi connectivity index (χ0v) is 16.6. The molecular weight excluding hydrogens is 296 g/mol. The van der Waals surface area contributed by atoms with Crippen molar-refractivity contribution < 1.29 is 4.79 Å². The van der Waals surface area contributed by atoms with Crippen molar-refractivity contribution in [2.75, 3.05) is 7.05 Å². The van der Waals surface area contributed by atoms with E-state index in [0.717, 1.165) is 0 Å². The molecule has 0 unspecified atom stereocenters. The largest absolute Gasteiger partial charge is 0.325 e. The molecule has 2 rings (SSSR count). The van der Waals surface area contributed by atoms with E-state index in [2.05, 4.69) is 25.7 Å². The molecule has 0 aromatic rings. The molecule has 0 saturated heterocycles. The number of rotatable bonds is 6. The summed E-state index contributed by atoms with van der Waals surface area (Å²) in [5.41, 5.74) is 0.135. The van der Waals surface area contributed by atoms with Crippen LogP contribution in [0, 0.1) is 0 Å². The predicted molar refractivity (Wildman–Crippen MR) is 102 cm³/mol. The van der Waals surface area contributed by atoms with Crippen molar-refractivity contribution in [3.05, 3.63) is 0 Å². The van der Waals surface area contributed by atoms with Gasteiger partial charge in [0.1, 0.15) is 0 Å². The van der Waals surface area contributed by atoms with Crippen LogP contribution >= 0.6 is 0 Å². The Balaban J connectivity index is 2.31. The lowest BCUT2D eigenvalue weighted by Gasteiger charge is -2.52. The van der Waals surface area contributed by atoms with Gasteiger partial charge >= 0.3 is 6.03 Å². The van der Waals surface area contributed by atoms with E-state index in [1.807, 2.05) is 11.9 Å². The molecule has 140 valence electrons. The van der Waals surface area contributed by atoms with Crippen LogP contribution in [-0.2, 0) is 0 Å². The van der Waals surface area contributed by atoms with Crippen LogP contribution < -0.4 is 0 Å². The van der Waals surface area contributed by atoms with E-state index in [-0.39, 0.29) is 11.6 Å². The maximum absolute atomic E-state index is 13.5. The molecule has 0 heterocycles.